The average Bonchev–Trinajstić information content (AvgIpc) is 2.67. The first kappa shape index (κ1) is 25.0. The molecule has 0 saturated carbocycles. The normalized spacial score (nSPS) is 9.78. The number of phenolic OH excluding ortho intramolecular Hbond substituents is 1. The molecule has 2 aromatic carbocycles. The Hall–Kier alpha value is -5.07. The summed E-state index contributed by atoms with van der Waals surface area (Å²) in [5.41, 5.74) is -5.51. The molecule has 0 aliphatic carbocycles. The Morgan fingerprint density at radius 1 is 0.531 bits per heavy atom. The van der Waals surface area contributed by atoms with Gasteiger partial charge in [-0.2, -0.15) is 0 Å². The standard InChI is InChI=1S/C6H2ClN3O6.C6H3N3O7/c7-6-4(9(13)14)1-3(8(11)12)2-5(6)10(15)16;10-6-4(8(13)14)1-3(7(11)12)2-5(6)9(15)16/h1-2H;1-2,10H. The molecule has 0 saturated heterocycles. The number of halogens is 1. The minimum atomic E-state index is -1.21. The Kier molecular flexibility index (Phi) is 7.51. The van der Waals surface area contributed by atoms with Gasteiger partial charge in [0.2, 0.25) is 0 Å². The fourth-order valence-electron chi connectivity index (χ4n) is 1.92. The average molecular weight is 477 g/mol. The summed E-state index contributed by atoms with van der Waals surface area (Å²) in [7, 11) is 0. The molecule has 0 unspecified atom stereocenters. The lowest BCUT2D eigenvalue weighted by molar-refractivity contribution is -0.404. The molecule has 0 fully saturated rings. The van der Waals surface area contributed by atoms with Crippen LogP contribution in [0.5, 0.6) is 5.75 Å². The quantitative estimate of drug-likeness (QED) is 0.463. The zero-order valence-corrected chi connectivity index (χ0v) is 15.5. The van der Waals surface area contributed by atoms with Gasteiger partial charge in [-0.05, 0) is 0 Å². The third-order valence-corrected chi connectivity index (χ3v) is 3.67. The first-order valence-corrected chi connectivity index (χ1v) is 7.63. The predicted molar refractivity (Wildman–Crippen MR) is 99.5 cm³/mol. The molecule has 19 nitrogen and oxygen atoms in total. The number of nitrogens with zero attached hydrogens (tertiary/aromatic N) is 6. The lowest BCUT2D eigenvalue weighted by atomic mass is 10.2. The molecular weight excluding hydrogens is 472 g/mol. The van der Waals surface area contributed by atoms with Crippen LogP contribution in [0.1, 0.15) is 0 Å². The number of non-ortho nitro benzene ring substituents is 2. The third-order valence-electron chi connectivity index (χ3n) is 3.28. The van der Waals surface area contributed by atoms with Crippen molar-refractivity contribution in [3.8, 4) is 5.75 Å². The number of nitro groups is 6. The molecule has 0 spiro atoms. The molecule has 0 radical (unpaired) electrons. The monoisotopic (exact) mass is 476 g/mol. The molecule has 0 aliphatic heterocycles. The zero-order chi connectivity index (χ0) is 24.9. The molecule has 2 aromatic rings. The van der Waals surface area contributed by atoms with Crippen LogP contribution in [0, 0.1) is 60.7 Å². The van der Waals surface area contributed by atoms with Crippen LogP contribution in [0.4, 0.5) is 34.1 Å². The summed E-state index contributed by atoms with van der Waals surface area (Å²) in [5.74, 6) is -1.21. The van der Waals surface area contributed by atoms with Gasteiger partial charge in [-0.25, -0.2) is 0 Å². The van der Waals surface area contributed by atoms with Gasteiger partial charge >= 0.3 is 22.7 Å². The highest BCUT2D eigenvalue weighted by molar-refractivity contribution is 6.34. The molecule has 0 aromatic heterocycles. The highest BCUT2D eigenvalue weighted by Crippen LogP contribution is 2.39. The third kappa shape index (κ3) is 5.50. The molecule has 0 heterocycles. The summed E-state index contributed by atoms with van der Waals surface area (Å²) in [6, 6.07) is 2.02. The maximum absolute atomic E-state index is 10.4. The molecule has 1 N–H and O–H groups in total. The predicted octanol–water partition coefficient (Wildman–Crippen LogP) is 3.18. The SMILES string of the molecule is O=[N+]([O-])c1cc([N+](=O)[O-])c(Cl)c([N+](=O)[O-])c1.O=[N+]([O-])c1cc([N+](=O)[O-])c(O)c([N+](=O)[O-])c1. The van der Waals surface area contributed by atoms with Gasteiger partial charge in [-0.15, -0.1) is 0 Å². The molecule has 2 rings (SSSR count). The van der Waals surface area contributed by atoms with Crippen molar-refractivity contribution >= 4 is 45.7 Å². The zero-order valence-electron chi connectivity index (χ0n) is 14.7. The smallest absolute Gasteiger partial charge is 0.324 e. The van der Waals surface area contributed by atoms with E-state index in [1.54, 1.807) is 0 Å². The Morgan fingerprint density at radius 3 is 1.00 bits per heavy atom. The minimum absolute atomic E-state index is 0.447. The number of hydrogen-bond donors (Lipinski definition) is 1. The van der Waals surface area contributed by atoms with Gasteiger partial charge in [-0.3, -0.25) is 60.7 Å². The molecule has 20 heteroatoms. The number of aromatic hydroxyl groups is 1. The van der Waals surface area contributed by atoms with Gasteiger partial charge < -0.3 is 5.11 Å². The molecule has 0 atom stereocenters. The Bertz CT molecular complexity index is 1020. The van der Waals surface area contributed by atoms with E-state index in [1.807, 2.05) is 0 Å². The molecule has 0 amide bonds. The second-order valence-electron chi connectivity index (χ2n) is 5.17. The van der Waals surface area contributed by atoms with Crippen molar-refractivity contribution in [3.63, 3.8) is 0 Å². The Balaban J connectivity index is 0.000000320. The van der Waals surface area contributed by atoms with Crippen LogP contribution in [0.2, 0.25) is 5.02 Å². The Morgan fingerprint density at radius 2 is 0.781 bits per heavy atom. The second-order valence-corrected chi connectivity index (χ2v) is 5.55. The van der Waals surface area contributed by atoms with Crippen LogP contribution in [-0.2, 0) is 0 Å². The van der Waals surface area contributed by atoms with E-state index in [0.717, 1.165) is 0 Å². The van der Waals surface area contributed by atoms with E-state index in [1.165, 1.54) is 0 Å². The van der Waals surface area contributed by atoms with Crippen molar-refractivity contribution in [2.24, 2.45) is 0 Å². The highest BCUT2D eigenvalue weighted by Gasteiger charge is 2.30. The summed E-state index contributed by atoms with van der Waals surface area (Å²) >= 11 is 5.37. The lowest BCUT2D eigenvalue weighted by Crippen LogP contribution is -1.98. The van der Waals surface area contributed by atoms with Gasteiger partial charge in [-0.1, -0.05) is 11.6 Å². The molecule has 0 bridgehead atoms. The fourth-order valence-corrected chi connectivity index (χ4v) is 2.17. The first-order valence-electron chi connectivity index (χ1n) is 7.25. The summed E-state index contributed by atoms with van der Waals surface area (Å²) in [4.78, 5) is 56.0. The summed E-state index contributed by atoms with van der Waals surface area (Å²) in [5, 5.41) is 70.8. The Labute approximate surface area is 177 Å². The van der Waals surface area contributed by atoms with Crippen molar-refractivity contribution in [2.45, 2.75) is 0 Å². The van der Waals surface area contributed by atoms with Crippen LogP contribution < -0.4 is 0 Å². The number of phenols is 1. The highest BCUT2D eigenvalue weighted by atomic mass is 35.5. The summed E-state index contributed by atoms with van der Waals surface area (Å²) < 4.78 is 0. The largest absolute Gasteiger partial charge is 0.497 e. The van der Waals surface area contributed by atoms with Crippen molar-refractivity contribution in [2.75, 3.05) is 0 Å². The topological polar surface area (TPSA) is 279 Å². The lowest BCUT2D eigenvalue weighted by Gasteiger charge is -1.97. The molecule has 168 valence electrons. The first-order chi connectivity index (χ1) is 14.7. The van der Waals surface area contributed by atoms with Crippen molar-refractivity contribution in [1.29, 1.82) is 0 Å². The maximum atomic E-state index is 10.4. The van der Waals surface area contributed by atoms with Gasteiger partial charge in [0, 0.05) is 0 Å². The number of rotatable bonds is 6. The van der Waals surface area contributed by atoms with Gasteiger partial charge in [0.25, 0.3) is 17.1 Å². The number of hydrogen-bond acceptors (Lipinski definition) is 13. The molecular formula is C12H5ClN6O13. The maximum Gasteiger partial charge on any atom is 0.324 e. The van der Waals surface area contributed by atoms with Crippen LogP contribution in [0.3, 0.4) is 0 Å². The van der Waals surface area contributed by atoms with Crippen LogP contribution in [0.25, 0.3) is 0 Å². The molecule has 32 heavy (non-hydrogen) atoms. The van der Waals surface area contributed by atoms with E-state index in [0.29, 0.717) is 24.3 Å². The molecule has 0 aliphatic rings. The van der Waals surface area contributed by atoms with Crippen LogP contribution in [-0.4, -0.2) is 34.6 Å². The van der Waals surface area contributed by atoms with Crippen molar-refractivity contribution in [3.05, 3.63) is 90.0 Å². The van der Waals surface area contributed by atoms with E-state index in [-0.39, 0.29) is 0 Å². The van der Waals surface area contributed by atoms with Gasteiger partial charge in [0.05, 0.1) is 53.8 Å². The van der Waals surface area contributed by atoms with Crippen molar-refractivity contribution in [1.82, 2.24) is 0 Å². The van der Waals surface area contributed by atoms with Crippen LogP contribution >= 0.6 is 11.6 Å². The fraction of sp³-hybridized carbons (Fsp3) is 0. The number of nitro benzene ring substituents is 6. The van der Waals surface area contributed by atoms with E-state index >= 15 is 0 Å². The summed E-state index contributed by atoms with van der Waals surface area (Å²) in [6.07, 6.45) is 0. The van der Waals surface area contributed by atoms with E-state index in [2.05, 4.69) is 0 Å². The van der Waals surface area contributed by atoms with Gasteiger partial charge in [0.15, 0.2) is 5.02 Å². The number of benzene rings is 2. The van der Waals surface area contributed by atoms with E-state index in [4.69, 9.17) is 16.7 Å². The summed E-state index contributed by atoms with van der Waals surface area (Å²) in [6.45, 7) is 0. The van der Waals surface area contributed by atoms with Crippen molar-refractivity contribution < 1.29 is 34.6 Å². The minimum Gasteiger partial charge on any atom is -0.497 e. The van der Waals surface area contributed by atoms with E-state index < -0.39 is 74.4 Å². The second kappa shape index (κ2) is 9.62. The van der Waals surface area contributed by atoms with Gasteiger partial charge in [0.1, 0.15) is 0 Å². The van der Waals surface area contributed by atoms with E-state index in [9.17, 15) is 60.7 Å². The van der Waals surface area contributed by atoms with Crippen LogP contribution in [0.15, 0.2) is 24.3 Å².